The minimum absolute atomic E-state index is 0.0338. The van der Waals surface area contributed by atoms with Crippen molar-refractivity contribution in [2.75, 3.05) is 13.6 Å². The number of primary amides is 1. The number of likely N-dealkylation sites (N-methyl/N-ethyl adjacent to an activating group) is 1. The fourth-order valence-corrected chi connectivity index (χ4v) is 1.35. The molecule has 0 rings (SSSR count). The first-order valence-corrected chi connectivity index (χ1v) is 5.23. The molecular formula is C10H21N3O2. The third-order valence-corrected chi connectivity index (χ3v) is 2.23. The van der Waals surface area contributed by atoms with Crippen LogP contribution in [0.15, 0.2) is 0 Å². The molecule has 0 saturated heterocycles. The molecule has 0 aromatic rings. The minimum Gasteiger partial charge on any atom is -0.352 e. The van der Waals surface area contributed by atoms with E-state index in [4.69, 9.17) is 5.73 Å². The Morgan fingerprint density at radius 3 is 2.33 bits per heavy atom. The molecule has 0 spiro atoms. The van der Waals surface area contributed by atoms with Crippen LogP contribution in [0.4, 0.5) is 4.79 Å². The molecular weight excluding hydrogens is 194 g/mol. The van der Waals surface area contributed by atoms with Crippen molar-refractivity contribution in [3.8, 4) is 0 Å². The molecule has 15 heavy (non-hydrogen) atoms. The summed E-state index contributed by atoms with van der Waals surface area (Å²) in [4.78, 5) is 22.0. The van der Waals surface area contributed by atoms with Crippen LogP contribution in [0.1, 0.15) is 26.7 Å². The van der Waals surface area contributed by atoms with E-state index in [2.05, 4.69) is 10.6 Å². The Bertz CT molecular complexity index is 217. The van der Waals surface area contributed by atoms with Gasteiger partial charge in [0.15, 0.2) is 5.78 Å². The number of amides is 2. The second-order valence-corrected chi connectivity index (χ2v) is 3.83. The van der Waals surface area contributed by atoms with Crippen molar-refractivity contribution in [2.24, 2.45) is 11.7 Å². The van der Waals surface area contributed by atoms with E-state index in [0.717, 1.165) is 6.42 Å². The molecule has 5 nitrogen and oxygen atoms in total. The lowest BCUT2D eigenvalue weighted by atomic mass is 9.98. The maximum atomic E-state index is 11.6. The van der Waals surface area contributed by atoms with Gasteiger partial charge in [0.2, 0.25) is 0 Å². The predicted octanol–water partition coefficient (Wildman–Crippen LogP) is 0.248. The summed E-state index contributed by atoms with van der Waals surface area (Å²) in [7, 11) is 1.77. The summed E-state index contributed by atoms with van der Waals surface area (Å²) in [6.07, 6.45) is 1.46. The van der Waals surface area contributed by atoms with E-state index in [9.17, 15) is 9.59 Å². The van der Waals surface area contributed by atoms with Crippen molar-refractivity contribution in [1.82, 2.24) is 10.6 Å². The lowest BCUT2D eigenvalue weighted by Gasteiger charge is -2.16. The third kappa shape index (κ3) is 6.06. The topological polar surface area (TPSA) is 84.2 Å². The van der Waals surface area contributed by atoms with E-state index >= 15 is 0 Å². The van der Waals surface area contributed by atoms with Gasteiger partial charge in [0, 0.05) is 12.5 Å². The van der Waals surface area contributed by atoms with Gasteiger partial charge in [-0.1, -0.05) is 13.8 Å². The average molecular weight is 215 g/mol. The predicted molar refractivity (Wildman–Crippen MR) is 59.5 cm³/mol. The molecule has 0 aromatic heterocycles. The molecule has 0 heterocycles. The maximum Gasteiger partial charge on any atom is 0.312 e. The number of nitrogens with one attached hydrogen (secondary N) is 2. The van der Waals surface area contributed by atoms with Crippen molar-refractivity contribution in [3.63, 3.8) is 0 Å². The molecule has 0 saturated carbocycles. The number of hydrogen-bond acceptors (Lipinski definition) is 3. The lowest BCUT2D eigenvalue weighted by molar-refractivity contribution is -0.124. The van der Waals surface area contributed by atoms with Gasteiger partial charge in [-0.05, 0) is 19.9 Å². The first-order chi connectivity index (χ1) is 6.99. The molecule has 0 aliphatic rings. The highest BCUT2D eigenvalue weighted by atomic mass is 16.2. The molecule has 5 heteroatoms. The zero-order chi connectivity index (χ0) is 11.8. The number of carbonyl (C=O) groups excluding carboxylic acids is 2. The average Bonchev–Trinajstić information content (AvgIpc) is 2.16. The van der Waals surface area contributed by atoms with Gasteiger partial charge < -0.3 is 16.4 Å². The van der Waals surface area contributed by atoms with Crippen LogP contribution < -0.4 is 16.4 Å². The van der Waals surface area contributed by atoms with Gasteiger partial charge in [-0.25, -0.2) is 4.79 Å². The normalized spacial score (nSPS) is 12.5. The number of Topliss-reactive ketones (excluding diaryl/α,β-unsaturated/α-hetero) is 1. The molecule has 1 unspecified atom stereocenters. The van der Waals surface area contributed by atoms with Crippen LogP contribution in [0.25, 0.3) is 0 Å². The van der Waals surface area contributed by atoms with Crippen molar-refractivity contribution >= 4 is 11.8 Å². The fourth-order valence-electron chi connectivity index (χ4n) is 1.35. The number of rotatable bonds is 7. The van der Waals surface area contributed by atoms with E-state index < -0.39 is 6.03 Å². The van der Waals surface area contributed by atoms with Gasteiger partial charge in [0.25, 0.3) is 0 Å². The monoisotopic (exact) mass is 215 g/mol. The van der Waals surface area contributed by atoms with Crippen LogP contribution in [0.3, 0.4) is 0 Å². The van der Waals surface area contributed by atoms with Crippen molar-refractivity contribution in [2.45, 2.75) is 32.7 Å². The van der Waals surface area contributed by atoms with E-state index in [1.54, 1.807) is 7.05 Å². The van der Waals surface area contributed by atoms with Gasteiger partial charge in [0.05, 0.1) is 6.04 Å². The highest BCUT2D eigenvalue weighted by Crippen LogP contribution is 2.05. The summed E-state index contributed by atoms with van der Waals surface area (Å²) in [6.45, 7) is 4.28. The SMILES string of the molecule is CNC(CCCNC(N)=O)C(=O)C(C)C. The Balaban J connectivity index is 3.80. The molecule has 88 valence electrons. The Hall–Kier alpha value is -1.10. The van der Waals surface area contributed by atoms with Gasteiger partial charge in [-0.15, -0.1) is 0 Å². The largest absolute Gasteiger partial charge is 0.352 e. The standard InChI is InChI=1S/C10H21N3O2/c1-7(2)9(14)8(12-3)5-4-6-13-10(11)15/h7-8,12H,4-6H2,1-3H3,(H3,11,13,15). The number of urea groups is 1. The van der Waals surface area contributed by atoms with Crippen LogP contribution >= 0.6 is 0 Å². The second kappa shape index (κ2) is 7.23. The summed E-state index contributed by atoms with van der Waals surface area (Å²) in [5.74, 6) is 0.239. The molecule has 2 amide bonds. The summed E-state index contributed by atoms with van der Waals surface area (Å²) < 4.78 is 0. The lowest BCUT2D eigenvalue weighted by Crippen LogP contribution is -2.38. The van der Waals surface area contributed by atoms with Crippen molar-refractivity contribution < 1.29 is 9.59 Å². The zero-order valence-corrected chi connectivity index (χ0v) is 9.67. The molecule has 0 fully saturated rings. The second-order valence-electron chi connectivity index (χ2n) is 3.83. The first kappa shape index (κ1) is 13.9. The number of ketones is 1. The summed E-state index contributed by atoms with van der Waals surface area (Å²) in [5.41, 5.74) is 4.92. The van der Waals surface area contributed by atoms with E-state index in [1.807, 2.05) is 13.8 Å². The van der Waals surface area contributed by atoms with Gasteiger partial charge >= 0.3 is 6.03 Å². The smallest absolute Gasteiger partial charge is 0.312 e. The molecule has 0 aliphatic carbocycles. The molecule has 4 N–H and O–H groups in total. The Morgan fingerprint density at radius 1 is 1.33 bits per heavy atom. The van der Waals surface area contributed by atoms with Crippen LogP contribution in [0.5, 0.6) is 0 Å². The maximum absolute atomic E-state index is 11.6. The zero-order valence-electron chi connectivity index (χ0n) is 9.67. The van der Waals surface area contributed by atoms with E-state index in [-0.39, 0.29) is 17.7 Å². The van der Waals surface area contributed by atoms with Gasteiger partial charge in [0.1, 0.15) is 0 Å². The molecule has 0 aromatic carbocycles. The molecule has 1 atom stereocenters. The summed E-state index contributed by atoms with van der Waals surface area (Å²) in [5, 5.41) is 5.47. The van der Waals surface area contributed by atoms with E-state index in [0.29, 0.717) is 13.0 Å². The van der Waals surface area contributed by atoms with E-state index in [1.165, 1.54) is 0 Å². The van der Waals surface area contributed by atoms with Crippen LogP contribution in [0.2, 0.25) is 0 Å². The number of nitrogens with two attached hydrogens (primary N) is 1. The highest BCUT2D eigenvalue weighted by Gasteiger charge is 2.18. The van der Waals surface area contributed by atoms with Crippen LogP contribution in [-0.4, -0.2) is 31.4 Å². The molecule has 0 radical (unpaired) electrons. The molecule has 0 bridgehead atoms. The van der Waals surface area contributed by atoms with Crippen molar-refractivity contribution in [1.29, 1.82) is 0 Å². The fraction of sp³-hybridized carbons (Fsp3) is 0.800. The summed E-state index contributed by atoms with van der Waals surface area (Å²) >= 11 is 0. The number of hydrogen-bond donors (Lipinski definition) is 3. The quantitative estimate of drug-likeness (QED) is 0.532. The first-order valence-electron chi connectivity index (χ1n) is 5.23. The summed E-state index contributed by atoms with van der Waals surface area (Å²) in [6, 6.07) is -0.647. The van der Waals surface area contributed by atoms with Gasteiger partial charge in [-0.3, -0.25) is 4.79 Å². The van der Waals surface area contributed by atoms with Crippen LogP contribution in [-0.2, 0) is 4.79 Å². The van der Waals surface area contributed by atoms with Gasteiger partial charge in [-0.2, -0.15) is 0 Å². The highest BCUT2D eigenvalue weighted by molar-refractivity contribution is 5.85. The van der Waals surface area contributed by atoms with Crippen LogP contribution in [0, 0.1) is 5.92 Å². The third-order valence-electron chi connectivity index (χ3n) is 2.23. The Morgan fingerprint density at radius 2 is 1.93 bits per heavy atom. The number of carbonyl (C=O) groups is 2. The van der Waals surface area contributed by atoms with Crippen molar-refractivity contribution in [3.05, 3.63) is 0 Å². The molecule has 0 aliphatic heterocycles. The Labute approximate surface area is 90.8 Å². The minimum atomic E-state index is -0.522. The Kier molecular flexibility index (Phi) is 6.70.